The van der Waals surface area contributed by atoms with E-state index in [1.807, 2.05) is 0 Å². The van der Waals surface area contributed by atoms with E-state index in [2.05, 4.69) is 0 Å². The molecule has 1 aromatic carbocycles. The van der Waals surface area contributed by atoms with Crippen LogP contribution < -0.4 is 0 Å². The number of halogens is 1. The fourth-order valence-electron chi connectivity index (χ4n) is 1.75. The molecule has 1 N–H and O–H groups in total. The molecule has 0 aliphatic rings. The van der Waals surface area contributed by atoms with E-state index in [1.54, 1.807) is 38.1 Å². The molecule has 102 valence electrons. The number of sulfone groups is 1. The third kappa shape index (κ3) is 4.59. The molecule has 1 atom stereocenters. The molecule has 0 aromatic heterocycles. The van der Waals surface area contributed by atoms with Crippen molar-refractivity contribution in [2.24, 2.45) is 0 Å². The summed E-state index contributed by atoms with van der Waals surface area (Å²) in [6.45, 7) is 3.31. The maximum atomic E-state index is 11.4. The van der Waals surface area contributed by atoms with Crippen molar-refractivity contribution >= 4 is 21.4 Å². The van der Waals surface area contributed by atoms with Crippen LogP contribution in [0.3, 0.4) is 0 Å². The third-order valence-electron chi connectivity index (χ3n) is 3.01. The van der Waals surface area contributed by atoms with Gasteiger partial charge in [-0.1, -0.05) is 30.7 Å². The molecule has 18 heavy (non-hydrogen) atoms. The molecule has 3 nitrogen and oxygen atoms in total. The Morgan fingerprint density at radius 2 is 2.06 bits per heavy atom. The molecule has 0 fully saturated rings. The fourth-order valence-corrected chi connectivity index (χ4v) is 2.81. The highest BCUT2D eigenvalue weighted by Gasteiger charge is 2.23. The lowest BCUT2D eigenvalue weighted by Gasteiger charge is -2.24. The lowest BCUT2D eigenvalue weighted by molar-refractivity contribution is 0.0472. The molecule has 5 heteroatoms. The van der Waals surface area contributed by atoms with Gasteiger partial charge < -0.3 is 5.11 Å². The van der Waals surface area contributed by atoms with E-state index >= 15 is 0 Å². The van der Waals surface area contributed by atoms with Crippen molar-refractivity contribution in [3.63, 3.8) is 0 Å². The van der Waals surface area contributed by atoms with Gasteiger partial charge in [0.15, 0.2) is 0 Å². The Hall–Kier alpha value is -0.580. The first-order valence-electron chi connectivity index (χ1n) is 5.96. The first-order valence-corrected chi connectivity index (χ1v) is 8.15. The Morgan fingerprint density at radius 1 is 1.39 bits per heavy atom. The maximum absolute atomic E-state index is 11.4. The van der Waals surface area contributed by atoms with Crippen molar-refractivity contribution < 1.29 is 13.5 Å². The molecule has 1 rings (SSSR count). The summed E-state index contributed by atoms with van der Waals surface area (Å²) < 4.78 is 22.7. The number of hydrogen-bond donors (Lipinski definition) is 1. The highest BCUT2D eigenvalue weighted by Crippen LogP contribution is 2.28. The van der Waals surface area contributed by atoms with Gasteiger partial charge >= 0.3 is 0 Å². The normalized spacial score (nSPS) is 15.3. The van der Waals surface area contributed by atoms with Crippen LogP contribution in [0.2, 0.25) is 5.02 Å². The lowest BCUT2D eigenvalue weighted by atomic mass is 9.91. The minimum absolute atomic E-state index is 0.111. The zero-order valence-corrected chi connectivity index (χ0v) is 12.3. The molecule has 0 amide bonds. The van der Waals surface area contributed by atoms with Gasteiger partial charge in [-0.15, -0.1) is 0 Å². The highest BCUT2D eigenvalue weighted by atomic mass is 35.5. The summed E-state index contributed by atoms with van der Waals surface area (Å²) in [5.74, 6) is 0.256. The maximum Gasteiger partial charge on any atom is 0.150 e. The topological polar surface area (TPSA) is 54.4 Å². The minimum atomic E-state index is -2.97. The molecule has 0 radical (unpaired) electrons. The average molecular weight is 291 g/mol. The first kappa shape index (κ1) is 15.5. The fraction of sp³-hybridized carbons (Fsp3) is 0.538. The smallest absolute Gasteiger partial charge is 0.150 e. The van der Waals surface area contributed by atoms with Crippen LogP contribution in [0.25, 0.3) is 0 Å². The predicted molar refractivity (Wildman–Crippen MR) is 74.6 cm³/mol. The number of rotatable bonds is 6. The van der Waals surface area contributed by atoms with Crippen molar-refractivity contribution in [2.75, 3.05) is 11.5 Å². The summed E-state index contributed by atoms with van der Waals surface area (Å²) >= 11 is 5.87. The third-order valence-corrected chi connectivity index (χ3v) is 5.03. The van der Waals surface area contributed by atoms with Crippen molar-refractivity contribution in [3.8, 4) is 0 Å². The molecule has 0 spiro atoms. The van der Waals surface area contributed by atoms with Crippen molar-refractivity contribution in [1.29, 1.82) is 0 Å². The zero-order chi connectivity index (χ0) is 13.8. The second-order valence-electron chi connectivity index (χ2n) is 4.62. The van der Waals surface area contributed by atoms with Gasteiger partial charge in [-0.05, 0) is 37.5 Å². The summed E-state index contributed by atoms with van der Waals surface area (Å²) in [5, 5.41) is 10.9. The van der Waals surface area contributed by atoms with Crippen LogP contribution >= 0.6 is 11.6 Å². The molecule has 0 saturated heterocycles. The molecule has 0 aliphatic carbocycles. The van der Waals surface area contributed by atoms with Gasteiger partial charge in [0.25, 0.3) is 0 Å². The van der Waals surface area contributed by atoms with Gasteiger partial charge in [-0.2, -0.15) is 0 Å². The molecule has 0 heterocycles. The largest absolute Gasteiger partial charge is 0.385 e. The predicted octanol–water partition coefficient (Wildman–Crippen LogP) is 2.76. The lowest BCUT2D eigenvalue weighted by Crippen LogP contribution is -2.22. The number of benzene rings is 1. The molecule has 0 saturated carbocycles. The molecule has 0 bridgehead atoms. The van der Waals surface area contributed by atoms with Gasteiger partial charge in [0.05, 0.1) is 11.4 Å². The summed E-state index contributed by atoms with van der Waals surface area (Å²) in [6.07, 6.45) is 0.836. The van der Waals surface area contributed by atoms with Gasteiger partial charge in [0, 0.05) is 10.8 Å². The SMILES string of the molecule is CCS(=O)(=O)CCCC(C)(O)c1cccc(Cl)c1. The Bertz CT molecular complexity index is 495. The van der Waals surface area contributed by atoms with Crippen molar-refractivity contribution in [1.82, 2.24) is 0 Å². The van der Waals surface area contributed by atoms with Gasteiger partial charge in [-0.25, -0.2) is 8.42 Å². The van der Waals surface area contributed by atoms with Gasteiger partial charge in [0.1, 0.15) is 9.84 Å². The van der Waals surface area contributed by atoms with Crippen LogP contribution in [0.1, 0.15) is 32.3 Å². The van der Waals surface area contributed by atoms with E-state index < -0.39 is 15.4 Å². The Kier molecular flexibility index (Phi) is 5.20. The summed E-state index contributed by atoms with van der Waals surface area (Å²) in [7, 11) is -2.97. The van der Waals surface area contributed by atoms with Crippen LogP contribution in [-0.4, -0.2) is 25.0 Å². The first-order chi connectivity index (χ1) is 8.27. The Labute approximate surface area is 114 Å². The van der Waals surface area contributed by atoms with Crippen LogP contribution in [0.15, 0.2) is 24.3 Å². The average Bonchev–Trinajstić information content (AvgIpc) is 2.28. The standard InChI is InChI=1S/C13H19ClO3S/c1-3-18(16,17)9-5-8-13(2,15)11-6-4-7-12(14)10-11/h4,6-7,10,15H,3,5,8-9H2,1-2H3. The second-order valence-corrected chi connectivity index (χ2v) is 7.53. The second kappa shape index (κ2) is 6.04. The molecular weight excluding hydrogens is 272 g/mol. The van der Waals surface area contributed by atoms with E-state index in [1.165, 1.54) is 0 Å². The van der Waals surface area contributed by atoms with Crippen LogP contribution in [0.5, 0.6) is 0 Å². The van der Waals surface area contributed by atoms with Crippen molar-refractivity contribution in [3.05, 3.63) is 34.9 Å². The monoisotopic (exact) mass is 290 g/mol. The molecule has 0 aliphatic heterocycles. The molecular formula is C13H19ClO3S. The van der Waals surface area contributed by atoms with Gasteiger partial charge in [0.2, 0.25) is 0 Å². The summed E-state index contributed by atoms with van der Waals surface area (Å²) in [5.41, 5.74) is -0.336. The highest BCUT2D eigenvalue weighted by molar-refractivity contribution is 7.91. The molecule has 1 aromatic rings. The van der Waals surface area contributed by atoms with Gasteiger partial charge in [-0.3, -0.25) is 0 Å². The minimum Gasteiger partial charge on any atom is -0.385 e. The van der Waals surface area contributed by atoms with E-state index in [0.717, 1.165) is 0 Å². The molecule has 1 unspecified atom stereocenters. The van der Waals surface area contributed by atoms with E-state index in [9.17, 15) is 13.5 Å². The summed E-state index contributed by atoms with van der Waals surface area (Å²) in [6, 6.07) is 7.01. The quantitative estimate of drug-likeness (QED) is 0.876. The van der Waals surface area contributed by atoms with E-state index in [-0.39, 0.29) is 11.5 Å². The van der Waals surface area contributed by atoms with Crippen molar-refractivity contribution in [2.45, 2.75) is 32.3 Å². The van der Waals surface area contributed by atoms with E-state index in [0.29, 0.717) is 23.4 Å². The summed E-state index contributed by atoms with van der Waals surface area (Å²) in [4.78, 5) is 0. The number of hydrogen-bond acceptors (Lipinski definition) is 3. The van der Waals surface area contributed by atoms with Crippen LogP contribution in [0.4, 0.5) is 0 Å². The zero-order valence-electron chi connectivity index (χ0n) is 10.7. The van der Waals surface area contributed by atoms with Crippen LogP contribution in [0, 0.1) is 0 Å². The van der Waals surface area contributed by atoms with E-state index in [4.69, 9.17) is 11.6 Å². The van der Waals surface area contributed by atoms with Crippen LogP contribution in [-0.2, 0) is 15.4 Å². The Morgan fingerprint density at radius 3 is 2.61 bits per heavy atom. The Balaban J connectivity index is 2.66. The number of aliphatic hydroxyl groups is 1.